The molecule has 0 aliphatic rings. The summed E-state index contributed by atoms with van der Waals surface area (Å²) >= 11 is 7.20. The van der Waals surface area contributed by atoms with E-state index in [4.69, 9.17) is 16.9 Å². The first kappa shape index (κ1) is 15.2. The van der Waals surface area contributed by atoms with Crippen molar-refractivity contribution < 1.29 is 9.59 Å². The highest BCUT2D eigenvalue weighted by molar-refractivity contribution is 7.14. The first-order valence-corrected chi connectivity index (χ1v) is 7.28. The highest BCUT2D eigenvalue weighted by Gasteiger charge is 2.28. The zero-order valence-electron chi connectivity index (χ0n) is 11.1. The van der Waals surface area contributed by atoms with Crippen molar-refractivity contribution in [2.75, 3.05) is 5.32 Å². The number of hydrogen-bond donors (Lipinski definition) is 1. The first-order valence-electron chi connectivity index (χ1n) is 6.08. The van der Waals surface area contributed by atoms with Gasteiger partial charge < -0.3 is 5.32 Å². The van der Waals surface area contributed by atoms with Crippen LogP contribution in [0.1, 0.15) is 14.5 Å². The second kappa shape index (κ2) is 6.53. The molecule has 0 bridgehead atoms. The van der Waals surface area contributed by atoms with Gasteiger partial charge in [0.25, 0.3) is 0 Å². The van der Waals surface area contributed by atoms with Gasteiger partial charge in [-0.1, -0.05) is 23.7 Å². The highest BCUT2D eigenvalue weighted by Crippen LogP contribution is 2.23. The van der Waals surface area contributed by atoms with Crippen LogP contribution in [-0.4, -0.2) is 11.7 Å². The van der Waals surface area contributed by atoms with Crippen molar-refractivity contribution in [2.45, 2.75) is 6.92 Å². The third-order valence-electron chi connectivity index (χ3n) is 2.77. The SMILES string of the molecule is Cc1ccc(C(=O)[C@@H](C#N)C(=O)Nc2ccccc2Cl)s1. The van der Waals surface area contributed by atoms with E-state index in [-0.39, 0.29) is 0 Å². The molecule has 106 valence electrons. The van der Waals surface area contributed by atoms with E-state index in [1.807, 2.05) is 6.92 Å². The van der Waals surface area contributed by atoms with Crippen molar-refractivity contribution in [3.05, 3.63) is 51.2 Å². The second-order valence-electron chi connectivity index (χ2n) is 4.31. The molecule has 1 aromatic carbocycles. The molecule has 1 N–H and O–H groups in total. The Bertz CT molecular complexity index is 733. The molecule has 0 aliphatic heterocycles. The lowest BCUT2D eigenvalue weighted by molar-refractivity contribution is -0.117. The Hall–Kier alpha value is -2.16. The predicted octanol–water partition coefficient (Wildman–Crippen LogP) is 3.67. The normalized spacial score (nSPS) is 11.5. The van der Waals surface area contributed by atoms with Crippen molar-refractivity contribution in [1.82, 2.24) is 0 Å². The highest BCUT2D eigenvalue weighted by atomic mass is 35.5. The molecule has 1 heterocycles. The summed E-state index contributed by atoms with van der Waals surface area (Å²) in [6, 6.07) is 11.8. The van der Waals surface area contributed by atoms with Gasteiger partial charge in [0.05, 0.1) is 21.7 Å². The number of carbonyl (C=O) groups is 2. The van der Waals surface area contributed by atoms with Crippen molar-refractivity contribution in [3.8, 4) is 6.07 Å². The van der Waals surface area contributed by atoms with Crippen LogP contribution < -0.4 is 5.32 Å². The molecule has 0 radical (unpaired) electrons. The summed E-state index contributed by atoms with van der Waals surface area (Å²) in [6.07, 6.45) is 0. The molecule has 0 unspecified atom stereocenters. The van der Waals surface area contributed by atoms with Crippen molar-refractivity contribution in [2.24, 2.45) is 5.92 Å². The molecule has 21 heavy (non-hydrogen) atoms. The van der Waals surface area contributed by atoms with Gasteiger partial charge in [-0.2, -0.15) is 5.26 Å². The van der Waals surface area contributed by atoms with Crippen LogP contribution in [0.4, 0.5) is 5.69 Å². The van der Waals surface area contributed by atoms with Crippen molar-refractivity contribution >= 4 is 40.3 Å². The summed E-state index contributed by atoms with van der Waals surface area (Å²) in [6.45, 7) is 1.85. The maximum atomic E-state index is 12.2. The van der Waals surface area contributed by atoms with Gasteiger partial charge >= 0.3 is 0 Å². The molecule has 0 fully saturated rings. The first-order chi connectivity index (χ1) is 10.0. The fourth-order valence-electron chi connectivity index (χ4n) is 1.71. The molecule has 4 nitrogen and oxygen atoms in total. The van der Waals surface area contributed by atoms with Gasteiger partial charge in [0.1, 0.15) is 0 Å². The molecule has 2 rings (SSSR count). The molecule has 0 aliphatic carbocycles. The van der Waals surface area contributed by atoms with E-state index in [0.717, 1.165) is 4.88 Å². The van der Waals surface area contributed by atoms with E-state index >= 15 is 0 Å². The quantitative estimate of drug-likeness (QED) is 0.690. The number of aryl methyl sites for hydroxylation is 1. The van der Waals surface area contributed by atoms with Gasteiger partial charge in [0.2, 0.25) is 5.91 Å². The van der Waals surface area contributed by atoms with Crippen LogP contribution in [0.5, 0.6) is 0 Å². The Morgan fingerprint density at radius 3 is 2.57 bits per heavy atom. The van der Waals surface area contributed by atoms with Crippen molar-refractivity contribution in [1.29, 1.82) is 5.26 Å². The summed E-state index contributed by atoms with van der Waals surface area (Å²) in [5.41, 5.74) is 0.375. The number of amides is 1. The maximum Gasteiger partial charge on any atom is 0.249 e. The number of anilines is 1. The predicted molar refractivity (Wildman–Crippen MR) is 82.6 cm³/mol. The minimum absolute atomic E-state index is 0.349. The molecule has 0 saturated carbocycles. The average molecular weight is 319 g/mol. The van der Waals surface area contributed by atoms with Crippen molar-refractivity contribution in [3.63, 3.8) is 0 Å². The summed E-state index contributed by atoms with van der Waals surface area (Å²) in [5.74, 6) is -2.57. The van der Waals surface area contributed by atoms with Crippen LogP contribution in [0.15, 0.2) is 36.4 Å². The maximum absolute atomic E-state index is 12.2. The number of carbonyl (C=O) groups excluding carboxylic acids is 2. The van der Waals surface area contributed by atoms with Gasteiger partial charge in [0.15, 0.2) is 11.7 Å². The van der Waals surface area contributed by atoms with E-state index in [9.17, 15) is 9.59 Å². The number of hydrogen-bond acceptors (Lipinski definition) is 4. The van der Waals surface area contributed by atoms with Gasteiger partial charge in [-0.15, -0.1) is 11.3 Å². The zero-order chi connectivity index (χ0) is 15.4. The molecule has 0 saturated heterocycles. The number of benzene rings is 1. The Balaban J connectivity index is 2.18. The molecular formula is C15H11ClN2O2S. The lowest BCUT2D eigenvalue weighted by Gasteiger charge is -2.09. The van der Waals surface area contributed by atoms with Crippen LogP contribution in [0.3, 0.4) is 0 Å². The summed E-state index contributed by atoms with van der Waals surface area (Å²) in [4.78, 5) is 25.7. The number of Topliss-reactive ketones (excluding diaryl/α,β-unsaturated/α-hetero) is 1. The van der Waals surface area contributed by atoms with Crippen LogP contribution in [0, 0.1) is 24.2 Å². The standard InChI is InChI=1S/C15H11ClN2O2S/c1-9-6-7-13(21-9)14(19)10(8-17)15(20)18-12-5-3-2-4-11(12)16/h2-7,10H,1H3,(H,18,20)/t10-/m1/s1. The van der Waals surface area contributed by atoms with Crippen LogP contribution in [0.2, 0.25) is 5.02 Å². The Kier molecular flexibility index (Phi) is 4.73. The number of nitrogens with zero attached hydrogens (tertiary/aromatic N) is 1. The number of nitriles is 1. The monoisotopic (exact) mass is 318 g/mol. The molecule has 0 spiro atoms. The Labute approximate surface area is 131 Å². The number of ketones is 1. The second-order valence-corrected chi connectivity index (χ2v) is 6.00. The van der Waals surface area contributed by atoms with Gasteiger partial charge in [-0.05, 0) is 31.2 Å². The Morgan fingerprint density at radius 1 is 1.29 bits per heavy atom. The largest absolute Gasteiger partial charge is 0.323 e. The zero-order valence-corrected chi connectivity index (χ0v) is 12.7. The van der Waals surface area contributed by atoms with Crippen LogP contribution in [-0.2, 0) is 4.79 Å². The third-order valence-corrected chi connectivity index (χ3v) is 4.11. The van der Waals surface area contributed by atoms with Gasteiger partial charge in [0, 0.05) is 4.88 Å². The fourth-order valence-corrected chi connectivity index (χ4v) is 2.73. The number of thiophene rings is 1. The number of halogens is 1. The molecule has 1 amide bonds. The van der Waals surface area contributed by atoms with E-state index in [1.165, 1.54) is 11.3 Å². The molecule has 6 heteroatoms. The minimum Gasteiger partial charge on any atom is -0.323 e. The number of para-hydroxylation sites is 1. The summed E-state index contributed by atoms with van der Waals surface area (Å²) < 4.78 is 0. The lowest BCUT2D eigenvalue weighted by atomic mass is 10.0. The van der Waals surface area contributed by atoms with E-state index in [2.05, 4.69) is 5.32 Å². The molecular weight excluding hydrogens is 308 g/mol. The van der Waals surface area contributed by atoms with E-state index < -0.39 is 17.6 Å². The van der Waals surface area contributed by atoms with Crippen LogP contribution >= 0.6 is 22.9 Å². The third kappa shape index (κ3) is 3.48. The van der Waals surface area contributed by atoms with Gasteiger partial charge in [-0.25, -0.2) is 0 Å². The molecule has 1 aromatic heterocycles. The van der Waals surface area contributed by atoms with Gasteiger partial charge in [-0.3, -0.25) is 9.59 Å². The average Bonchev–Trinajstić information content (AvgIpc) is 2.89. The Morgan fingerprint density at radius 2 is 2.00 bits per heavy atom. The van der Waals surface area contributed by atoms with E-state index in [0.29, 0.717) is 15.6 Å². The minimum atomic E-state index is -1.39. The smallest absolute Gasteiger partial charge is 0.249 e. The molecule has 1 atom stereocenters. The fraction of sp³-hybridized carbons (Fsp3) is 0.133. The number of nitrogens with one attached hydrogen (secondary N) is 1. The topological polar surface area (TPSA) is 70.0 Å². The summed E-state index contributed by atoms with van der Waals surface area (Å²) in [7, 11) is 0. The number of rotatable bonds is 4. The molecule has 2 aromatic rings. The van der Waals surface area contributed by atoms with Crippen LogP contribution in [0.25, 0.3) is 0 Å². The summed E-state index contributed by atoms with van der Waals surface area (Å²) in [5, 5.41) is 12.0. The lowest BCUT2D eigenvalue weighted by Crippen LogP contribution is -2.28. The van der Waals surface area contributed by atoms with E-state index in [1.54, 1.807) is 42.5 Å².